The van der Waals surface area contributed by atoms with Gasteiger partial charge < -0.3 is 10.1 Å². The monoisotopic (exact) mass is 255 g/mol. The predicted octanol–water partition coefficient (Wildman–Crippen LogP) is 3.87. The molecule has 3 heteroatoms. The van der Waals surface area contributed by atoms with E-state index in [4.69, 9.17) is 16.3 Å². The zero-order valence-electron chi connectivity index (χ0n) is 10.9. The minimum Gasteiger partial charge on any atom is -0.496 e. The third-order valence-corrected chi connectivity index (χ3v) is 3.54. The number of hydrogen-bond donors (Lipinski definition) is 1. The van der Waals surface area contributed by atoms with Crippen molar-refractivity contribution in [1.82, 2.24) is 5.32 Å². The molecule has 96 valence electrons. The summed E-state index contributed by atoms with van der Waals surface area (Å²) in [4.78, 5) is 0. The van der Waals surface area contributed by atoms with Gasteiger partial charge in [0, 0.05) is 17.1 Å². The molecule has 0 aromatic heterocycles. The van der Waals surface area contributed by atoms with Gasteiger partial charge in [-0.25, -0.2) is 0 Å². The van der Waals surface area contributed by atoms with Crippen molar-refractivity contribution in [3.63, 3.8) is 0 Å². The number of halogens is 1. The van der Waals surface area contributed by atoms with Crippen LogP contribution in [0.1, 0.15) is 32.3 Å². The van der Waals surface area contributed by atoms with Gasteiger partial charge >= 0.3 is 0 Å². The van der Waals surface area contributed by atoms with Gasteiger partial charge in [-0.05, 0) is 24.6 Å². The zero-order chi connectivity index (χ0) is 12.7. The second-order valence-corrected chi connectivity index (χ2v) is 4.64. The Hall–Kier alpha value is -0.730. The molecule has 0 saturated heterocycles. The van der Waals surface area contributed by atoms with Crippen molar-refractivity contribution < 1.29 is 4.74 Å². The topological polar surface area (TPSA) is 21.3 Å². The fourth-order valence-corrected chi connectivity index (χ4v) is 2.11. The van der Waals surface area contributed by atoms with Crippen LogP contribution in [-0.4, -0.2) is 13.7 Å². The summed E-state index contributed by atoms with van der Waals surface area (Å²) in [6, 6.07) is 5.75. The quantitative estimate of drug-likeness (QED) is 0.799. The van der Waals surface area contributed by atoms with Crippen LogP contribution in [0.3, 0.4) is 0 Å². The molecule has 1 N–H and O–H groups in total. The standard InChI is InChI=1S/C14H22ClNO/c1-4-11(5-2)9-16-10-12-13(15)7-6-8-14(12)17-3/h6-8,11,16H,4-5,9-10H2,1-3H3. The lowest BCUT2D eigenvalue weighted by atomic mass is 10.0. The highest BCUT2D eigenvalue weighted by atomic mass is 35.5. The highest BCUT2D eigenvalue weighted by Gasteiger charge is 2.08. The lowest BCUT2D eigenvalue weighted by Gasteiger charge is -2.15. The fraction of sp³-hybridized carbons (Fsp3) is 0.571. The molecule has 17 heavy (non-hydrogen) atoms. The number of benzene rings is 1. The van der Waals surface area contributed by atoms with E-state index in [1.807, 2.05) is 18.2 Å². The molecule has 0 spiro atoms. The smallest absolute Gasteiger partial charge is 0.124 e. The first-order valence-electron chi connectivity index (χ1n) is 6.24. The van der Waals surface area contributed by atoms with E-state index in [0.717, 1.165) is 35.3 Å². The van der Waals surface area contributed by atoms with Gasteiger partial charge in [0.25, 0.3) is 0 Å². The number of nitrogens with one attached hydrogen (secondary N) is 1. The minimum absolute atomic E-state index is 0.739. The maximum atomic E-state index is 6.17. The molecule has 0 amide bonds. The van der Waals surface area contributed by atoms with Crippen LogP contribution in [0.25, 0.3) is 0 Å². The second-order valence-electron chi connectivity index (χ2n) is 4.23. The molecule has 0 unspecified atom stereocenters. The maximum absolute atomic E-state index is 6.17. The summed E-state index contributed by atoms with van der Waals surface area (Å²) < 4.78 is 5.31. The van der Waals surface area contributed by atoms with Gasteiger partial charge in [-0.2, -0.15) is 0 Å². The average Bonchev–Trinajstić information content (AvgIpc) is 2.36. The molecule has 0 heterocycles. The Labute approximate surface area is 109 Å². The van der Waals surface area contributed by atoms with Gasteiger partial charge in [-0.15, -0.1) is 0 Å². The highest BCUT2D eigenvalue weighted by molar-refractivity contribution is 6.31. The van der Waals surface area contributed by atoms with Gasteiger partial charge in [-0.3, -0.25) is 0 Å². The van der Waals surface area contributed by atoms with E-state index in [-0.39, 0.29) is 0 Å². The van der Waals surface area contributed by atoms with Crippen molar-refractivity contribution in [2.75, 3.05) is 13.7 Å². The molecule has 0 atom stereocenters. The number of ether oxygens (including phenoxy) is 1. The summed E-state index contributed by atoms with van der Waals surface area (Å²) in [6.07, 6.45) is 2.42. The molecule has 0 aliphatic heterocycles. The average molecular weight is 256 g/mol. The van der Waals surface area contributed by atoms with Gasteiger partial charge in [0.1, 0.15) is 5.75 Å². The van der Waals surface area contributed by atoms with Gasteiger partial charge in [0.15, 0.2) is 0 Å². The summed E-state index contributed by atoms with van der Waals surface area (Å²) in [5.74, 6) is 1.60. The summed E-state index contributed by atoms with van der Waals surface area (Å²) in [5, 5.41) is 4.22. The Morgan fingerprint density at radius 3 is 2.59 bits per heavy atom. The van der Waals surface area contributed by atoms with Crippen LogP contribution in [0, 0.1) is 5.92 Å². The molecule has 0 aliphatic carbocycles. The molecule has 0 fully saturated rings. The molecule has 0 radical (unpaired) electrons. The first kappa shape index (κ1) is 14.3. The van der Waals surface area contributed by atoms with Crippen molar-refractivity contribution in [2.24, 2.45) is 5.92 Å². The van der Waals surface area contributed by atoms with E-state index < -0.39 is 0 Å². The Kier molecular flexibility index (Phi) is 6.38. The largest absolute Gasteiger partial charge is 0.496 e. The first-order valence-corrected chi connectivity index (χ1v) is 6.62. The van der Waals surface area contributed by atoms with E-state index in [0.29, 0.717) is 0 Å². The van der Waals surface area contributed by atoms with Gasteiger partial charge in [0.05, 0.1) is 7.11 Å². The molecule has 1 aromatic carbocycles. The van der Waals surface area contributed by atoms with Crippen LogP contribution in [-0.2, 0) is 6.54 Å². The third-order valence-electron chi connectivity index (χ3n) is 3.19. The Balaban J connectivity index is 2.56. The zero-order valence-corrected chi connectivity index (χ0v) is 11.7. The van der Waals surface area contributed by atoms with Crippen molar-refractivity contribution in [1.29, 1.82) is 0 Å². The van der Waals surface area contributed by atoms with E-state index >= 15 is 0 Å². The molecule has 0 bridgehead atoms. The van der Waals surface area contributed by atoms with E-state index in [9.17, 15) is 0 Å². The molecular weight excluding hydrogens is 234 g/mol. The number of hydrogen-bond acceptors (Lipinski definition) is 2. The lowest BCUT2D eigenvalue weighted by molar-refractivity contribution is 0.403. The van der Waals surface area contributed by atoms with Crippen molar-refractivity contribution in [3.8, 4) is 5.75 Å². The Morgan fingerprint density at radius 1 is 1.29 bits per heavy atom. The van der Waals surface area contributed by atoms with Gasteiger partial charge in [0.2, 0.25) is 0 Å². The normalized spacial score (nSPS) is 10.9. The van der Waals surface area contributed by atoms with Crippen molar-refractivity contribution in [3.05, 3.63) is 28.8 Å². The van der Waals surface area contributed by atoms with E-state index in [1.54, 1.807) is 7.11 Å². The summed E-state index contributed by atoms with van der Waals surface area (Å²) in [6.45, 7) is 6.25. The van der Waals surface area contributed by atoms with E-state index in [1.165, 1.54) is 12.8 Å². The molecule has 0 saturated carbocycles. The predicted molar refractivity (Wildman–Crippen MR) is 73.8 cm³/mol. The van der Waals surface area contributed by atoms with Crippen LogP contribution in [0.2, 0.25) is 5.02 Å². The van der Waals surface area contributed by atoms with Crippen LogP contribution in [0.15, 0.2) is 18.2 Å². The molecule has 0 aliphatic rings. The minimum atomic E-state index is 0.739. The number of rotatable bonds is 7. The second kappa shape index (κ2) is 7.57. The molecule has 1 rings (SSSR count). The first-order chi connectivity index (χ1) is 8.22. The number of methoxy groups -OCH3 is 1. The fourth-order valence-electron chi connectivity index (χ4n) is 1.88. The van der Waals surface area contributed by atoms with Crippen LogP contribution in [0.4, 0.5) is 0 Å². The van der Waals surface area contributed by atoms with Crippen molar-refractivity contribution in [2.45, 2.75) is 33.2 Å². The molecule has 1 aromatic rings. The van der Waals surface area contributed by atoms with Crippen LogP contribution in [0.5, 0.6) is 5.75 Å². The molecule has 2 nitrogen and oxygen atoms in total. The SMILES string of the molecule is CCC(CC)CNCc1c(Cl)cccc1OC. The summed E-state index contributed by atoms with van der Waals surface area (Å²) >= 11 is 6.17. The summed E-state index contributed by atoms with van der Waals surface area (Å²) in [7, 11) is 1.68. The van der Waals surface area contributed by atoms with Crippen LogP contribution >= 0.6 is 11.6 Å². The molecular formula is C14H22ClNO. The van der Waals surface area contributed by atoms with E-state index in [2.05, 4.69) is 19.2 Å². The Morgan fingerprint density at radius 2 is 2.00 bits per heavy atom. The Bertz CT molecular complexity index is 337. The highest BCUT2D eigenvalue weighted by Crippen LogP contribution is 2.25. The maximum Gasteiger partial charge on any atom is 0.124 e. The van der Waals surface area contributed by atoms with Crippen LogP contribution < -0.4 is 10.1 Å². The van der Waals surface area contributed by atoms with Gasteiger partial charge in [-0.1, -0.05) is 44.4 Å². The lowest BCUT2D eigenvalue weighted by Crippen LogP contribution is -2.22. The summed E-state index contributed by atoms with van der Waals surface area (Å²) in [5.41, 5.74) is 1.04. The van der Waals surface area contributed by atoms with Crippen molar-refractivity contribution >= 4 is 11.6 Å². The third kappa shape index (κ3) is 4.21.